The molecule has 2 amide bonds. The second-order valence-electron chi connectivity index (χ2n) is 5.50. The van der Waals surface area contributed by atoms with Crippen molar-refractivity contribution in [2.45, 2.75) is 17.2 Å². The maximum Gasteiger partial charge on any atom is 0.232 e. The lowest BCUT2D eigenvalue weighted by Gasteiger charge is -2.24. The maximum atomic E-state index is 13.3. The minimum Gasteiger partial charge on any atom is -0.326 e. The Morgan fingerprint density at radius 2 is 1.96 bits per heavy atom. The molecule has 0 bridgehead atoms. The van der Waals surface area contributed by atoms with Crippen molar-refractivity contribution in [3.05, 3.63) is 53.8 Å². The number of carbonyl (C=O) groups excluding carboxylic acids is 2. The number of halogens is 1. The second kappa shape index (κ2) is 6.52. The Bertz CT molecular complexity index is 836. The van der Waals surface area contributed by atoms with Crippen molar-refractivity contribution in [1.29, 1.82) is 0 Å². The van der Waals surface area contributed by atoms with Gasteiger partial charge in [0.1, 0.15) is 5.82 Å². The SMILES string of the molecule is C[S@@](=O)c1ccc(NC(=O)[C@H]2CC(=O)Nc3cc(F)ccc32)cc1. The molecular formula is C17H15FN2O3S. The van der Waals surface area contributed by atoms with Gasteiger partial charge in [-0.2, -0.15) is 0 Å². The fraction of sp³-hybridized carbons (Fsp3) is 0.176. The topological polar surface area (TPSA) is 75.3 Å². The van der Waals surface area contributed by atoms with E-state index >= 15 is 0 Å². The first-order valence-electron chi connectivity index (χ1n) is 7.27. The van der Waals surface area contributed by atoms with E-state index in [0.29, 0.717) is 21.8 Å². The van der Waals surface area contributed by atoms with Crippen LogP contribution in [0.3, 0.4) is 0 Å². The standard InChI is InChI=1S/C17H15FN2O3S/c1-24(23)12-5-3-11(4-6-12)19-17(22)14-9-16(21)20-15-8-10(18)2-7-13(14)15/h2-8,14H,9H2,1H3,(H,19,22)(H,20,21)/t14-,24+/m0/s1. The number of hydrogen-bond acceptors (Lipinski definition) is 3. The van der Waals surface area contributed by atoms with Gasteiger partial charge in [0.05, 0.1) is 5.92 Å². The highest BCUT2D eigenvalue weighted by Gasteiger charge is 2.31. The lowest BCUT2D eigenvalue weighted by molar-refractivity contribution is -0.123. The Morgan fingerprint density at radius 3 is 2.62 bits per heavy atom. The molecule has 5 nitrogen and oxygen atoms in total. The van der Waals surface area contributed by atoms with Crippen LogP contribution in [0.15, 0.2) is 47.4 Å². The molecule has 0 aliphatic carbocycles. The number of carbonyl (C=O) groups is 2. The van der Waals surface area contributed by atoms with Crippen molar-refractivity contribution < 1.29 is 18.2 Å². The first-order valence-corrected chi connectivity index (χ1v) is 8.83. The van der Waals surface area contributed by atoms with Crippen LogP contribution in [-0.2, 0) is 20.4 Å². The summed E-state index contributed by atoms with van der Waals surface area (Å²) in [6.45, 7) is 0. The van der Waals surface area contributed by atoms with Crippen LogP contribution in [0.25, 0.3) is 0 Å². The minimum atomic E-state index is -1.09. The first-order chi connectivity index (χ1) is 11.4. The van der Waals surface area contributed by atoms with E-state index in [4.69, 9.17) is 0 Å². The molecule has 1 aliphatic rings. The van der Waals surface area contributed by atoms with Crippen molar-refractivity contribution in [1.82, 2.24) is 0 Å². The number of amides is 2. The first kappa shape index (κ1) is 16.3. The maximum absolute atomic E-state index is 13.3. The summed E-state index contributed by atoms with van der Waals surface area (Å²) in [5, 5.41) is 5.32. The molecule has 0 spiro atoms. The number of nitrogens with one attached hydrogen (secondary N) is 2. The van der Waals surface area contributed by atoms with Crippen LogP contribution in [0.2, 0.25) is 0 Å². The van der Waals surface area contributed by atoms with Crippen LogP contribution in [0, 0.1) is 5.82 Å². The molecular weight excluding hydrogens is 331 g/mol. The van der Waals surface area contributed by atoms with E-state index in [1.54, 1.807) is 30.5 Å². The molecule has 1 heterocycles. The van der Waals surface area contributed by atoms with Gasteiger partial charge in [0, 0.05) is 39.7 Å². The highest BCUT2D eigenvalue weighted by Crippen LogP contribution is 2.33. The average Bonchev–Trinajstić information content (AvgIpc) is 2.54. The molecule has 24 heavy (non-hydrogen) atoms. The van der Waals surface area contributed by atoms with Gasteiger partial charge >= 0.3 is 0 Å². The molecule has 0 radical (unpaired) electrons. The smallest absolute Gasteiger partial charge is 0.232 e. The highest BCUT2D eigenvalue weighted by atomic mass is 32.2. The van der Waals surface area contributed by atoms with Crippen molar-refractivity contribution in [2.24, 2.45) is 0 Å². The Kier molecular flexibility index (Phi) is 4.44. The summed E-state index contributed by atoms with van der Waals surface area (Å²) in [4.78, 5) is 25.0. The molecule has 1 aliphatic heterocycles. The lowest BCUT2D eigenvalue weighted by atomic mass is 9.89. The molecule has 124 valence electrons. The van der Waals surface area contributed by atoms with Crippen LogP contribution in [0.4, 0.5) is 15.8 Å². The van der Waals surface area contributed by atoms with E-state index < -0.39 is 22.5 Å². The zero-order chi connectivity index (χ0) is 17.3. The Hall–Kier alpha value is -2.54. The summed E-state index contributed by atoms with van der Waals surface area (Å²) >= 11 is 0. The molecule has 0 saturated carbocycles. The van der Waals surface area contributed by atoms with Gasteiger partial charge in [0.25, 0.3) is 0 Å². The number of fused-ring (bicyclic) bond motifs is 1. The average molecular weight is 346 g/mol. The minimum absolute atomic E-state index is 0.00151. The molecule has 7 heteroatoms. The van der Waals surface area contributed by atoms with Gasteiger partial charge in [-0.1, -0.05) is 6.07 Å². The number of rotatable bonds is 3. The number of benzene rings is 2. The molecule has 3 rings (SSSR count). The van der Waals surface area contributed by atoms with Crippen molar-refractivity contribution in [3.63, 3.8) is 0 Å². The van der Waals surface area contributed by atoms with E-state index in [9.17, 15) is 18.2 Å². The highest BCUT2D eigenvalue weighted by molar-refractivity contribution is 7.84. The van der Waals surface area contributed by atoms with Crippen LogP contribution < -0.4 is 10.6 Å². The van der Waals surface area contributed by atoms with Gasteiger partial charge in [-0.3, -0.25) is 13.8 Å². The third-order valence-electron chi connectivity index (χ3n) is 3.82. The summed E-state index contributed by atoms with van der Waals surface area (Å²) in [5.41, 5.74) is 1.45. The normalized spacial score (nSPS) is 17.6. The third kappa shape index (κ3) is 3.35. The van der Waals surface area contributed by atoms with Crippen molar-refractivity contribution in [3.8, 4) is 0 Å². The number of hydrogen-bond donors (Lipinski definition) is 2. The molecule has 2 atom stereocenters. The largest absolute Gasteiger partial charge is 0.326 e. The zero-order valence-corrected chi connectivity index (χ0v) is 13.7. The Morgan fingerprint density at radius 1 is 1.25 bits per heavy atom. The van der Waals surface area contributed by atoms with E-state index in [2.05, 4.69) is 10.6 Å². The van der Waals surface area contributed by atoms with Crippen LogP contribution in [0.5, 0.6) is 0 Å². The van der Waals surface area contributed by atoms with Gasteiger partial charge in [0.15, 0.2) is 0 Å². The van der Waals surface area contributed by atoms with E-state index in [0.717, 1.165) is 0 Å². The molecule has 2 N–H and O–H groups in total. The van der Waals surface area contributed by atoms with Crippen LogP contribution in [-0.4, -0.2) is 22.3 Å². The summed E-state index contributed by atoms with van der Waals surface area (Å²) in [6.07, 6.45) is 1.58. The van der Waals surface area contributed by atoms with Gasteiger partial charge in [-0.05, 0) is 42.0 Å². The van der Waals surface area contributed by atoms with E-state index in [1.165, 1.54) is 18.2 Å². The van der Waals surface area contributed by atoms with E-state index in [1.807, 2.05) is 0 Å². The van der Waals surface area contributed by atoms with Crippen LogP contribution >= 0.6 is 0 Å². The van der Waals surface area contributed by atoms with Gasteiger partial charge in [0.2, 0.25) is 11.8 Å². The summed E-state index contributed by atoms with van der Waals surface area (Å²) in [7, 11) is -1.09. The van der Waals surface area contributed by atoms with Gasteiger partial charge < -0.3 is 10.6 Å². The summed E-state index contributed by atoms with van der Waals surface area (Å²) in [5.74, 6) is -1.83. The quantitative estimate of drug-likeness (QED) is 0.897. The van der Waals surface area contributed by atoms with Crippen molar-refractivity contribution in [2.75, 3.05) is 16.9 Å². The monoisotopic (exact) mass is 346 g/mol. The lowest BCUT2D eigenvalue weighted by Crippen LogP contribution is -2.30. The fourth-order valence-electron chi connectivity index (χ4n) is 2.63. The third-order valence-corrected chi connectivity index (χ3v) is 4.76. The molecule has 0 aromatic heterocycles. The zero-order valence-electron chi connectivity index (χ0n) is 12.8. The van der Waals surface area contributed by atoms with Crippen LogP contribution in [0.1, 0.15) is 17.9 Å². The molecule has 2 aromatic carbocycles. The number of anilines is 2. The molecule has 0 fully saturated rings. The molecule has 0 saturated heterocycles. The predicted octanol–water partition coefficient (Wildman–Crippen LogP) is 2.63. The molecule has 2 aromatic rings. The van der Waals surface area contributed by atoms with Crippen molar-refractivity contribution >= 4 is 34.0 Å². The second-order valence-corrected chi connectivity index (χ2v) is 6.88. The van der Waals surface area contributed by atoms with Gasteiger partial charge in [-0.25, -0.2) is 4.39 Å². The molecule has 0 unspecified atom stereocenters. The summed E-state index contributed by atoms with van der Waals surface area (Å²) in [6, 6.07) is 10.6. The summed E-state index contributed by atoms with van der Waals surface area (Å²) < 4.78 is 24.7. The fourth-order valence-corrected chi connectivity index (χ4v) is 3.15. The van der Waals surface area contributed by atoms with Gasteiger partial charge in [-0.15, -0.1) is 0 Å². The predicted molar refractivity (Wildman–Crippen MR) is 89.8 cm³/mol. The van der Waals surface area contributed by atoms with E-state index in [-0.39, 0.29) is 18.2 Å². The Labute approximate surface area is 140 Å². The Balaban J connectivity index is 1.82.